The number of alkyl halides is 1. The maximum absolute atomic E-state index is 14.0. The number of piperidine rings is 1. The third kappa shape index (κ3) is 2.85. The molecule has 2 atom stereocenters. The fraction of sp³-hybridized carbons (Fsp3) is 0.526. The van der Waals surface area contributed by atoms with Crippen LogP contribution >= 0.6 is 0 Å². The zero-order valence-electron chi connectivity index (χ0n) is 15.3. The van der Waals surface area contributed by atoms with Gasteiger partial charge in [0.1, 0.15) is 11.5 Å². The number of hydrogen-bond acceptors (Lipinski definition) is 5. The highest BCUT2D eigenvalue weighted by molar-refractivity contribution is 5.88. The van der Waals surface area contributed by atoms with Gasteiger partial charge in [0.05, 0.1) is 24.9 Å². The minimum atomic E-state index is -0.984. The lowest BCUT2D eigenvalue weighted by Gasteiger charge is -2.22. The van der Waals surface area contributed by atoms with E-state index in [0.717, 1.165) is 30.2 Å². The van der Waals surface area contributed by atoms with Gasteiger partial charge >= 0.3 is 5.97 Å². The first kappa shape index (κ1) is 17.0. The molecule has 138 valence electrons. The first-order valence-electron chi connectivity index (χ1n) is 9.00. The molecule has 2 fully saturated rings. The highest BCUT2D eigenvalue weighted by atomic mass is 19.1. The number of aryl methyl sites for hydroxylation is 1. The Balaban J connectivity index is 1.43. The predicted octanol–water partition coefficient (Wildman–Crippen LogP) is 2.61. The lowest BCUT2D eigenvalue weighted by atomic mass is 10.2. The largest absolute Gasteiger partial charge is 0.462 e. The van der Waals surface area contributed by atoms with E-state index in [1.165, 1.54) is 6.20 Å². The summed E-state index contributed by atoms with van der Waals surface area (Å²) in [4.78, 5) is 18.6. The molecule has 0 N–H and O–H groups in total. The number of nitrogens with zero attached hydrogens (tertiary/aromatic N) is 4. The second kappa shape index (κ2) is 6.07. The van der Waals surface area contributed by atoms with Crippen molar-refractivity contribution in [3.8, 4) is 0 Å². The summed E-state index contributed by atoms with van der Waals surface area (Å²) in [7, 11) is 0. The normalized spacial score (nSPS) is 26.7. The number of rotatable bonds is 5. The lowest BCUT2D eigenvalue weighted by Crippen LogP contribution is -2.28. The summed E-state index contributed by atoms with van der Waals surface area (Å²) < 4.78 is 20.7. The molecule has 1 saturated carbocycles. The van der Waals surface area contributed by atoms with E-state index in [-0.39, 0.29) is 17.8 Å². The van der Waals surface area contributed by atoms with Crippen LogP contribution in [-0.4, -0.2) is 46.1 Å². The standard InChI is InChI=1S/C19H23FN4O2/c1-4-26-18(25)14-7-21-24(9-14)8-13-5-6-17(22-12(13)2)23-10-15-16(11-23)19(15,3)20/h5-7,9,15-16H,4,8,10-11H2,1-3H3. The number of carbonyl (C=O) groups excluding carboxylic acids is 1. The van der Waals surface area contributed by atoms with Crippen molar-refractivity contribution in [1.82, 2.24) is 14.8 Å². The third-order valence-corrected chi connectivity index (χ3v) is 5.64. The molecule has 3 heterocycles. The fourth-order valence-corrected chi connectivity index (χ4v) is 3.87. The van der Waals surface area contributed by atoms with Crippen molar-refractivity contribution < 1.29 is 13.9 Å². The number of halogens is 1. The number of carbonyl (C=O) groups is 1. The van der Waals surface area contributed by atoms with E-state index >= 15 is 0 Å². The Morgan fingerprint density at radius 2 is 2.12 bits per heavy atom. The van der Waals surface area contributed by atoms with Crippen molar-refractivity contribution in [2.75, 3.05) is 24.6 Å². The van der Waals surface area contributed by atoms with Crippen LogP contribution in [0, 0.1) is 18.8 Å². The average molecular weight is 358 g/mol. The summed E-state index contributed by atoms with van der Waals surface area (Å²) in [5.74, 6) is 0.836. The van der Waals surface area contributed by atoms with Gasteiger partial charge in [-0.1, -0.05) is 6.07 Å². The number of anilines is 1. The molecule has 4 rings (SSSR count). The minimum Gasteiger partial charge on any atom is -0.462 e. The maximum atomic E-state index is 14.0. The molecule has 2 aliphatic rings. The summed E-state index contributed by atoms with van der Waals surface area (Å²) in [6.07, 6.45) is 3.20. The van der Waals surface area contributed by atoms with E-state index in [1.807, 2.05) is 19.1 Å². The summed E-state index contributed by atoms with van der Waals surface area (Å²) in [6.45, 7) is 7.80. The fourth-order valence-electron chi connectivity index (χ4n) is 3.87. The van der Waals surface area contributed by atoms with Gasteiger partial charge in [0.2, 0.25) is 0 Å². The molecule has 2 unspecified atom stereocenters. The molecular formula is C19H23FN4O2. The van der Waals surface area contributed by atoms with Crippen molar-refractivity contribution in [2.45, 2.75) is 33.0 Å². The second-order valence-electron chi connectivity index (χ2n) is 7.33. The summed E-state index contributed by atoms with van der Waals surface area (Å²) >= 11 is 0. The van der Waals surface area contributed by atoms with Gasteiger partial charge < -0.3 is 9.64 Å². The molecule has 1 aliphatic carbocycles. The average Bonchev–Trinajstić information content (AvgIpc) is 3.05. The molecule has 0 aromatic carbocycles. The Bertz CT molecular complexity index is 834. The molecule has 0 radical (unpaired) electrons. The Morgan fingerprint density at radius 1 is 1.38 bits per heavy atom. The molecule has 2 aromatic heterocycles. The predicted molar refractivity (Wildman–Crippen MR) is 95.0 cm³/mol. The number of aromatic nitrogens is 3. The van der Waals surface area contributed by atoms with Crippen LogP contribution in [-0.2, 0) is 11.3 Å². The van der Waals surface area contributed by atoms with Crippen molar-refractivity contribution >= 4 is 11.8 Å². The number of esters is 1. The Kier molecular flexibility index (Phi) is 3.97. The first-order valence-corrected chi connectivity index (χ1v) is 9.00. The summed E-state index contributed by atoms with van der Waals surface area (Å²) in [5, 5.41) is 4.22. The first-order chi connectivity index (χ1) is 12.4. The van der Waals surface area contributed by atoms with Crippen LogP contribution in [0.4, 0.5) is 10.2 Å². The molecular weight excluding hydrogens is 335 g/mol. The summed E-state index contributed by atoms with van der Waals surface area (Å²) in [6, 6.07) is 4.01. The molecule has 7 heteroatoms. The van der Waals surface area contributed by atoms with Gasteiger partial charge in [-0.05, 0) is 32.4 Å². The Morgan fingerprint density at radius 3 is 2.77 bits per heavy atom. The number of ether oxygens (including phenoxy) is 1. The smallest absolute Gasteiger partial charge is 0.341 e. The number of fused-ring (bicyclic) bond motifs is 1. The molecule has 1 aliphatic heterocycles. The Hall–Kier alpha value is -2.44. The van der Waals surface area contributed by atoms with E-state index in [4.69, 9.17) is 9.72 Å². The monoisotopic (exact) mass is 358 g/mol. The molecule has 6 nitrogen and oxygen atoms in total. The lowest BCUT2D eigenvalue weighted by molar-refractivity contribution is 0.0526. The quantitative estimate of drug-likeness (QED) is 0.769. The zero-order valence-corrected chi connectivity index (χ0v) is 15.3. The molecule has 26 heavy (non-hydrogen) atoms. The van der Waals surface area contributed by atoms with Gasteiger partial charge in [-0.3, -0.25) is 4.68 Å². The second-order valence-corrected chi connectivity index (χ2v) is 7.33. The van der Waals surface area contributed by atoms with Gasteiger partial charge in [0.25, 0.3) is 0 Å². The van der Waals surface area contributed by atoms with Crippen molar-refractivity contribution in [3.05, 3.63) is 41.3 Å². The van der Waals surface area contributed by atoms with Crippen molar-refractivity contribution in [3.63, 3.8) is 0 Å². The SMILES string of the molecule is CCOC(=O)c1cnn(Cc2ccc(N3CC4C(C3)C4(C)F)nc2C)c1. The van der Waals surface area contributed by atoms with Gasteiger partial charge in [0.15, 0.2) is 0 Å². The van der Waals surface area contributed by atoms with Crippen LogP contribution in [0.1, 0.15) is 35.5 Å². The Labute approximate surface area is 152 Å². The summed E-state index contributed by atoms with van der Waals surface area (Å²) in [5.41, 5.74) is 1.41. The van der Waals surface area contributed by atoms with Crippen molar-refractivity contribution in [2.24, 2.45) is 11.8 Å². The van der Waals surface area contributed by atoms with Crippen molar-refractivity contribution in [1.29, 1.82) is 0 Å². The van der Waals surface area contributed by atoms with Gasteiger partial charge in [-0.15, -0.1) is 0 Å². The van der Waals surface area contributed by atoms with Crippen LogP contribution in [0.15, 0.2) is 24.5 Å². The highest BCUT2D eigenvalue weighted by Crippen LogP contribution is 2.58. The van der Waals surface area contributed by atoms with Crippen LogP contribution in [0.2, 0.25) is 0 Å². The molecule has 0 spiro atoms. The van der Waals surface area contributed by atoms with Gasteiger partial charge in [0, 0.05) is 36.8 Å². The highest BCUT2D eigenvalue weighted by Gasteiger charge is 2.66. The molecule has 2 aromatic rings. The maximum Gasteiger partial charge on any atom is 0.341 e. The van der Waals surface area contributed by atoms with E-state index in [2.05, 4.69) is 10.00 Å². The number of hydrogen-bond donors (Lipinski definition) is 0. The zero-order chi connectivity index (χ0) is 18.5. The molecule has 0 amide bonds. The van der Waals surface area contributed by atoms with Gasteiger partial charge in [-0.2, -0.15) is 5.10 Å². The van der Waals surface area contributed by atoms with E-state index in [9.17, 15) is 9.18 Å². The topological polar surface area (TPSA) is 60.2 Å². The molecule has 0 bridgehead atoms. The van der Waals surface area contributed by atoms with E-state index < -0.39 is 5.67 Å². The van der Waals surface area contributed by atoms with Crippen LogP contribution in [0.5, 0.6) is 0 Å². The van der Waals surface area contributed by atoms with Crippen LogP contribution < -0.4 is 4.90 Å². The third-order valence-electron chi connectivity index (χ3n) is 5.64. The van der Waals surface area contributed by atoms with Crippen LogP contribution in [0.25, 0.3) is 0 Å². The van der Waals surface area contributed by atoms with E-state index in [0.29, 0.717) is 18.7 Å². The van der Waals surface area contributed by atoms with Crippen LogP contribution in [0.3, 0.4) is 0 Å². The minimum absolute atomic E-state index is 0.148. The number of pyridine rings is 1. The molecule has 1 saturated heterocycles. The van der Waals surface area contributed by atoms with Gasteiger partial charge in [-0.25, -0.2) is 14.2 Å². The van der Waals surface area contributed by atoms with E-state index in [1.54, 1.807) is 24.7 Å².